The van der Waals surface area contributed by atoms with Crippen LogP contribution in [0.2, 0.25) is 0 Å². The zero-order valence-electron chi connectivity index (χ0n) is 17.2. The first-order valence-electron chi connectivity index (χ1n) is 9.89. The quantitative estimate of drug-likeness (QED) is 0.608. The van der Waals surface area contributed by atoms with E-state index in [2.05, 4.69) is 17.7 Å². The second-order valence-corrected chi connectivity index (χ2v) is 7.17. The molecule has 1 atom stereocenters. The maximum atomic E-state index is 12.4. The lowest BCUT2D eigenvalue weighted by atomic mass is 10.1. The van der Waals surface area contributed by atoms with Crippen molar-refractivity contribution < 1.29 is 14.3 Å². The maximum absolute atomic E-state index is 12.4. The number of hydrogen-bond acceptors (Lipinski definition) is 3. The number of amides is 2. The number of carbonyl (C=O) groups excluding carboxylic acids is 2. The van der Waals surface area contributed by atoms with E-state index in [0.29, 0.717) is 11.3 Å². The van der Waals surface area contributed by atoms with Crippen molar-refractivity contribution in [3.05, 3.63) is 53.3 Å². The largest absolute Gasteiger partial charge is 0.484 e. The van der Waals surface area contributed by atoms with E-state index >= 15 is 0 Å². The number of rotatable bonds is 10. The molecular formula is C22H31N3O3. The van der Waals surface area contributed by atoms with Crippen molar-refractivity contribution >= 4 is 11.8 Å². The summed E-state index contributed by atoms with van der Waals surface area (Å²) in [5.41, 5.74) is 5.30. The second kappa shape index (κ2) is 10.5. The number of carbonyl (C=O) groups is 2. The van der Waals surface area contributed by atoms with E-state index in [0.717, 1.165) is 24.2 Å². The van der Waals surface area contributed by atoms with Gasteiger partial charge < -0.3 is 10.1 Å². The van der Waals surface area contributed by atoms with Crippen LogP contribution in [0.4, 0.5) is 0 Å². The van der Waals surface area contributed by atoms with Crippen molar-refractivity contribution in [1.29, 1.82) is 0 Å². The van der Waals surface area contributed by atoms with Gasteiger partial charge in [0, 0.05) is 23.0 Å². The number of aryl methyl sites for hydroxylation is 2. The fraction of sp³-hybridized carbons (Fsp3) is 0.455. The molecule has 0 aliphatic heterocycles. The Kier molecular flexibility index (Phi) is 8.11. The van der Waals surface area contributed by atoms with Gasteiger partial charge in [0.2, 0.25) is 0 Å². The Morgan fingerprint density at radius 2 is 1.68 bits per heavy atom. The lowest BCUT2D eigenvalue weighted by Crippen LogP contribution is -2.36. The zero-order valence-corrected chi connectivity index (χ0v) is 17.2. The summed E-state index contributed by atoms with van der Waals surface area (Å²) in [4.78, 5) is 24.4. The van der Waals surface area contributed by atoms with Crippen molar-refractivity contribution in [2.45, 2.75) is 59.4 Å². The molecule has 28 heavy (non-hydrogen) atoms. The predicted octanol–water partition coefficient (Wildman–Crippen LogP) is 3.95. The number of hydrogen-bond donors (Lipinski definition) is 2. The van der Waals surface area contributed by atoms with Gasteiger partial charge in [-0.05, 0) is 63.6 Å². The Hall–Kier alpha value is -2.76. The molecule has 2 aromatic rings. The van der Waals surface area contributed by atoms with Gasteiger partial charge in [0.1, 0.15) is 5.75 Å². The van der Waals surface area contributed by atoms with Gasteiger partial charge in [-0.1, -0.05) is 26.2 Å². The maximum Gasteiger partial charge on any atom is 0.270 e. The summed E-state index contributed by atoms with van der Waals surface area (Å²) in [5, 5.41) is 2.94. The molecule has 1 aromatic heterocycles. The van der Waals surface area contributed by atoms with E-state index in [1.54, 1.807) is 28.9 Å². The Morgan fingerprint density at radius 3 is 2.29 bits per heavy atom. The van der Waals surface area contributed by atoms with E-state index < -0.39 is 0 Å². The lowest BCUT2D eigenvalue weighted by Gasteiger charge is -2.14. The average molecular weight is 386 g/mol. The molecule has 0 spiro atoms. The molecule has 0 radical (unpaired) electrons. The van der Waals surface area contributed by atoms with Crippen LogP contribution in [0.1, 0.15) is 61.3 Å². The van der Waals surface area contributed by atoms with Gasteiger partial charge in [-0.2, -0.15) is 0 Å². The van der Waals surface area contributed by atoms with Crippen LogP contribution >= 0.6 is 0 Å². The van der Waals surface area contributed by atoms with Crippen LogP contribution in [0, 0.1) is 13.8 Å². The highest BCUT2D eigenvalue weighted by Crippen LogP contribution is 2.13. The van der Waals surface area contributed by atoms with Crippen LogP contribution in [0.15, 0.2) is 36.4 Å². The van der Waals surface area contributed by atoms with Crippen molar-refractivity contribution in [2.75, 3.05) is 12.0 Å². The first-order chi connectivity index (χ1) is 13.4. The number of nitrogens with zero attached hydrogens (tertiary/aromatic N) is 1. The highest BCUT2D eigenvalue weighted by molar-refractivity contribution is 6.00. The molecule has 2 rings (SSSR count). The molecule has 152 valence electrons. The van der Waals surface area contributed by atoms with Crippen molar-refractivity contribution in [1.82, 2.24) is 9.99 Å². The number of nitrogens with one attached hydrogen (secondary N) is 2. The Morgan fingerprint density at radius 1 is 1.04 bits per heavy atom. The monoisotopic (exact) mass is 385 g/mol. The Balaban J connectivity index is 1.80. The lowest BCUT2D eigenvalue weighted by molar-refractivity contribution is -0.123. The van der Waals surface area contributed by atoms with Crippen molar-refractivity contribution in [3.63, 3.8) is 0 Å². The number of benzene rings is 1. The molecule has 2 N–H and O–H groups in total. The SMILES string of the molecule is CCCCC[C@H](C)NC(=O)COc1ccc(C(=O)Nn2c(C)ccc2C)cc1. The molecule has 0 saturated carbocycles. The normalized spacial score (nSPS) is 11.7. The highest BCUT2D eigenvalue weighted by atomic mass is 16.5. The van der Waals surface area contributed by atoms with Gasteiger partial charge in [0.15, 0.2) is 6.61 Å². The third-order valence-corrected chi connectivity index (χ3v) is 4.62. The molecule has 0 unspecified atom stereocenters. The summed E-state index contributed by atoms with van der Waals surface area (Å²) in [6.07, 6.45) is 4.44. The molecule has 1 aromatic carbocycles. The zero-order chi connectivity index (χ0) is 20.5. The van der Waals surface area contributed by atoms with E-state index in [1.165, 1.54) is 12.8 Å². The van der Waals surface area contributed by atoms with Gasteiger partial charge in [-0.25, -0.2) is 0 Å². The van der Waals surface area contributed by atoms with Crippen LogP contribution in [0.5, 0.6) is 5.75 Å². The summed E-state index contributed by atoms with van der Waals surface area (Å²) in [6.45, 7) is 8.00. The molecule has 2 amide bonds. The van der Waals surface area contributed by atoms with E-state index in [4.69, 9.17) is 4.74 Å². The Labute approximate surface area is 167 Å². The van der Waals surface area contributed by atoms with E-state index in [-0.39, 0.29) is 24.5 Å². The van der Waals surface area contributed by atoms with Crippen LogP contribution < -0.4 is 15.5 Å². The molecular weight excluding hydrogens is 354 g/mol. The molecule has 6 nitrogen and oxygen atoms in total. The van der Waals surface area contributed by atoms with Gasteiger partial charge in [-0.3, -0.25) is 19.7 Å². The van der Waals surface area contributed by atoms with Gasteiger partial charge in [0.25, 0.3) is 11.8 Å². The summed E-state index contributed by atoms with van der Waals surface area (Å²) in [6, 6.07) is 10.8. The smallest absolute Gasteiger partial charge is 0.270 e. The molecule has 0 bridgehead atoms. The summed E-state index contributed by atoms with van der Waals surface area (Å²) in [7, 11) is 0. The minimum Gasteiger partial charge on any atom is -0.484 e. The van der Waals surface area contributed by atoms with E-state index in [1.807, 2.05) is 32.9 Å². The van der Waals surface area contributed by atoms with E-state index in [9.17, 15) is 9.59 Å². The molecule has 0 fully saturated rings. The van der Waals surface area contributed by atoms with Gasteiger partial charge in [0.05, 0.1) is 0 Å². The minimum absolute atomic E-state index is 0.0363. The predicted molar refractivity (Wildman–Crippen MR) is 111 cm³/mol. The fourth-order valence-corrected chi connectivity index (χ4v) is 2.95. The first-order valence-corrected chi connectivity index (χ1v) is 9.89. The average Bonchev–Trinajstić information content (AvgIpc) is 2.99. The molecule has 0 aliphatic rings. The van der Waals surface area contributed by atoms with Gasteiger partial charge in [-0.15, -0.1) is 0 Å². The number of unbranched alkanes of at least 4 members (excludes halogenated alkanes) is 2. The fourth-order valence-electron chi connectivity index (χ4n) is 2.95. The molecule has 0 aliphatic carbocycles. The third kappa shape index (κ3) is 6.44. The first kappa shape index (κ1) is 21.5. The van der Waals surface area contributed by atoms with Crippen LogP contribution in [0.25, 0.3) is 0 Å². The van der Waals surface area contributed by atoms with Crippen molar-refractivity contribution in [2.24, 2.45) is 0 Å². The standard InChI is InChI=1S/C22H31N3O3/c1-5-6-7-8-16(2)23-21(26)15-28-20-13-11-19(12-14-20)22(27)24-25-17(3)9-10-18(25)4/h9-14,16H,5-8,15H2,1-4H3,(H,23,26)(H,24,27)/t16-/m0/s1. The van der Waals surface area contributed by atoms with Crippen LogP contribution in [-0.4, -0.2) is 29.1 Å². The molecule has 1 heterocycles. The summed E-state index contributed by atoms with van der Waals surface area (Å²) in [5.74, 6) is 0.218. The molecule has 0 saturated heterocycles. The minimum atomic E-state index is -0.201. The number of ether oxygens (including phenoxy) is 1. The van der Waals surface area contributed by atoms with Crippen molar-refractivity contribution in [3.8, 4) is 5.75 Å². The highest BCUT2D eigenvalue weighted by Gasteiger charge is 2.10. The van der Waals surface area contributed by atoms with Crippen LogP contribution in [-0.2, 0) is 4.79 Å². The molecule has 6 heteroatoms. The third-order valence-electron chi connectivity index (χ3n) is 4.62. The topological polar surface area (TPSA) is 72.4 Å². The summed E-state index contributed by atoms with van der Waals surface area (Å²) < 4.78 is 7.27. The Bertz CT molecular complexity index is 761. The second-order valence-electron chi connectivity index (χ2n) is 7.17. The van der Waals surface area contributed by atoms with Crippen LogP contribution in [0.3, 0.4) is 0 Å². The number of aromatic nitrogens is 1. The van der Waals surface area contributed by atoms with Gasteiger partial charge >= 0.3 is 0 Å². The summed E-state index contributed by atoms with van der Waals surface area (Å²) >= 11 is 0.